The van der Waals surface area contributed by atoms with Crippen LogP contribution in [0.1, 0.15) is 18.5 Å². The van der Waals surface area contributed by atoms with E-state index in [2.05, 4.69) is 15.3 Å². The lowest BCUT2D eigenvalue weighted by molar-refractivity contribution is -0.140. The summed E-state index contributed by atoms with van der Waals surface area (Å²) in [7, 11) is 0. The Kier molecular flexibility index (Phi) is 8.82. The first kappa shape index (κ1) is 23.5. The van der Waals surface area contributed by atoms with Gasteiger partial charge in [-0.2, -0.15) is 0 Å². The number of likely N-dealkylation sites (tertiary alicyclic amines) is 1. The molecule has 0 saturated carbocycles. The number of carbonyl (C=O) groups excluding carboxylic acids is 2. The molecule has 7 nitrogen and oxygen atoms in total. The van der Waals surface area contributed by atoms with Crippen LogP contribution in [0.5, 0.6) is 0 Å². The summed E-state index contributed by atoms with van der Waals surface area (Å²) in [5, 5.41) is 5.93. The zero-order valence-electron chi connectivity index (χ0n) is 16.0. The molecule has 2 saturated heterocycles. The Morgan fingerprint density at radius 3 is 2.93 bits per heavy atom. The van der Waals surface area contributed by atoms with Gasteiger partial charge in [0.1, 0.15) is 5.01 Å². The van der Waals surface area contributed by atoms with Crippen LogP contribution in [0.4, 0.5) is 0 Å². The van der Waals surface area contributed by atoms with Gasteiger partial charge in [0, 0.05) is 55.6 Å². The van der Waals surface area contributed by atoms with Gasteiger partial charge < -0.3 is 15.1 Å². The molecule has 0 bridgehead atoms. The monoisotopic (exact) mass is 457 g/mol. The van der Waals surface area contributed by atoms with E-state index in [-0.39, 0.29) is 42.7 Å². The first-order valence-electron chi connectivity index (χ1n) is 9.33. The molecule has 158 valence electrons. The average molecular weight is 458 g/mol. The van der Waals surface area contributed by atoms with Gasteiger partial charge in [-0.3, -0.25) is 14.6 Å². The molecule has 4 heterocycles. The number of nitrogens with one attached hydrogen (secondary N) is 1. The van der Waals surface area contributed by atoms with E-state index in [1.54, 1.807) is 12.4 Å². The third-order valence-corrected chi connectivity index (χ3v) is 6.05. The van der Waals surface area contributed by atoms with Gasteiger partial charge in [-0.25, -0.2) is 4.98 Å². The van der Waals surface area contributed by atoms with Crippen molar-refractivity contribution in [2.75, 3.05) is 32.7 Å². The Labute approximate surface area is 186 Å². The number of halogens is 2. The predicted octanol–water partition coefficient (Wildman–Crippen LogP) is 2.01. The van der Waals surface area contributed by atoms with Crippen molar-refractivity contribution in [1.82, 2.24) is 25.1 Å². The minimum atomic E-state index is 0. The number of nitrogens with zero attached hydrogens (tertiary/aromatic N) is 4. The van der Waals surface area contributed by atoms with Crippen LogP contribution >= 0.6 is 36.2 Å². The van der Waals surface area contributed by atoms with Crippen LogP contribution in [0.3, 0.4) is 0 Å². The van der Waals surface area contributed by atoms with E-state index >= 15 is 0 Å². The number of rotatable bonds is 4. The molecular formula is C19H25Cl2N5O2S. The van der Waals surface area contributed by atoms with E-state index in [1.165, 1.54) is 11.3 Å². The van der Waals surface area contributed by atoms with Gasteiger partial charge in [0.15, 0.2) is 0 Å². The van der Waals surface area contributed by atoms with E-state index in [1.807, 2.05) is 27.3 Å². The zero-order valence-corrected chi connectivity index (χ0v) is 18.4. The highest BCUT2D eigenvalue weighted by Gasteiger charge is 2.31. The zero-order chi connectivity index (χ0) is 18.6. The van der Waals surface area contributed by atoms with Crippen molar-refractivity contribution in [2.45, 2.75) is 25.3 Å². The van der Waals surface area contributed by atoms with Crippen molar-refractivity contribution < 1.29 is 9.59 Å². The molecule has 2 aromatic rings. The standard InChI is InChI=1S/C19H23N5O2S.2ClH/c25-17(9-15-13-27-19(22-15)14-3-1-5-20-10-14)23-7-2-4-16(12-23)24-8-6-21-11-18(24)26;;/h1,3,5,10,13,16,21H,2,4,6-9,11-12H2;2*1H. The second kappa shape index (κ2) is 10.9. The van der Waals surface area contributed by atoms with Crippen LogP contribution in [0, 0.1) is 0 Å². The summed E-state index contributed by atoms with van der Waals surface area (Å²) >= 11 is 1.53. The molecule has 0 radical (unpaired) electrons. The fourth-order valence-electron chi connectivity index (χ4n) is 3.72. The molecule has 2 aliphatic rings. The minimum absolute atomic E-state index is 0. The quantitative estimate of drug-likeness (QED) is 0.759. The number of amides is 2. The Morgan fingerprint density at radius 1 is 1.31 bits per heavy atom. The Balaban J connectivity index is 0.00000150. The topological polar surface area (TPSA) is 78.4 Å². The van der Waals surface area contributed by atoms with Gasteiger partial charge in [-0.1, -0.05) is 0 Å². The highest BCUT2D eigenvalue weighted by atomic mass is 35.5. The Hall–Kier alpha value is -1.74. The van der Waals surface area contributed by atoms with Crippen LogP contribution in [-0.4, -0.2) is 70.3 Å². The number of pyridine rings is 1. The van der Waals surface area contributed by atoms with E-state index in [4.69, 9.17) is 0 Å². The Bertz CT molecular complexity index is 820. The molecule has 0 aromatic carbocycles. The van der Waals surface area contributed by atoms with E-state index in [9.17, 15) is 9.59 Å². The van der Waals surface area contributed by atoms with Gasteiger partial charge >= 0.3 is 0 Å². The summed E-state index contributed by atoms with van der Waals surface area (Å²) in [6.07, 6.45) is 5.73. The lowest BCUT2D eigenvalue weighted by Crippen LogP contribution is -2.57. The number of thiazole rings is 1. The van der Waals surface area contributed by atoms with Gasteiger partial charge in [-0.05, 0) is 25.0 Å². The summed E-state index contributed by atoms with van der Waals surface area (Å²) in [4.78, 5) is 37.5. The summed E-state index contributed by atoms with van der Waals surface area (Å²) in [6, 6.07) is 3.99. The van der Waals surface area contributed by atoms with Gasteiger partial charge in [0.2, 0.25) is 11.8 Å². The van der Waals surface area contributed by atoms with E-state index in [0.29, 0.717) is 19.5 Å². The smallest absolute Gasteiger partial charge is 0.236 e. The van der Waals surface area contributed by atoms with Crippen molar-refractivity contribution in [2.24, 2.45) is 0 Å². The van der Waals surface area contributed by atoms with E-state index in [0.717, 1.165) is 48.7 Å². The number of hydrogen-bond acceptors (Lipinski definition) is 6. The summed E-state index contributed by atoms with van der Waals surface area (Å²) in [6.45, 7) is 3.35. The average Bonchev–Trinajstić information content (AvgIpc) is 3.17. The largest absolute Gasteiger partial charge is 0.340 e. The van der Waals surface area contributed by atoms with Gasteiger partial charge in [0.25, 0.3) is 0 Å². The number of carbonyl (C=O) groups is 2. The maximum atomic E-state index is 12.8. The molecule has 10 heteroatoms. The molecular weight excluding hydrogens is 433 g/mol. The van der Waals surface area contributed by atoms with Gasteiger partial charge in [0.05, 0.1) is 18.7 Å². The molecule has 1 unspecified atom stereocenters. The molecule has 4 rings (SSSR count). The fraction of sp³-hybridized carbons (Fsp3) is 0.474. The second-order valence-electron chi connectivity index (χ2n) is 6.96. The predicted molar refractivity (Wildman–Crippen MR) is 118 cm³/mol. The van der Waals surface area contributed by atoms with Crippen molar-refractivity contribution in [1.29, 1.82) is 0 Å². The van der Waals surface area contributed by atoms with Crippen LogP contribution in [0.15, 0.2) is 29.9 Å². The molecule has 1 N–H and O–H groups in total. The van der Waals surface area contributed by atoms with Crippen molar-refractivity contribution in [3.63, 3.8) is 0 Å². The number of hydrogen-bond donors (Lipinski definition) is 1. The highest BCUT2D eigenvalue weighted by Crippen LogP contribution is 2.24. The number of aromatic nitrogens is 2. The summed E-state index contributed by atoms with van der Waals surface area (Å²) < 4.78 is 0. The van der Waals surface area contributed by atoms with Crippen LogP contribution in [0.25, 0.3) is 10.6 Å². The molecule has 0 aliphatic carbocycles. The molecule has 29 heavy (non-hydrogen) atoms. The number of piperazine rings is 1. The molecule has 2 fully saturated rings. The molecule has 2 amide bonds. The summed E-state index contributed by atoms with van der Waals surface area (Å²) in [5.41, 5.74) is 1.76. The fourth-order valence-corrected chi connectivity index (χ4v) is 4.53. The molecule has 2 aliphatic heterocycles. The third kappa shape index (κ3) is 5.66. The van der Waals surface area contributed by atoms with Crippen molar-refractivity contribution in [3.8, 4) is 10.6 Å². The maximum absolute atomic E-state index is 12.8. The highest BCUT2D eigenvalue weighted by molar-refractivity contribution is 7.13. The van der Waals surface area contributed by atoms with Gasteiger partial charge in [-0.15, -0.1) is 36.2 Å². The lowest BCUT2D eigenvalue weighted by Gasteiger charge is -2.41. The van der Waals surface area contributed by atoms with Crippen molar-refractivity contribution >= 4 is 48.0 Å². The lowest BCUT2D eigenvalue weighted by atomic mass is 10.0. The summed E-state index contributed by atoms with van der Waals surface area (Å²) in [5.74, 6) is 0.228. The second-order valence-corrected chi connectivity index (χ2v) is 7.82. The maximum Gasteiger partial charge on any atom is 0.236 e. The molecule has 0 spiro atoms. The normalized spacial score (nSPS) is 19.3. The number of piperidine rings is 1. The van der Waals surface area contributed by atoms with Crippen molar-refractivity contribution in [3.05, 3.63) is 35.6 Å². The Morgan fingerprint density at radius 2 is 2.17 bits per heavy atom. The third-order valence-electron chi connectivity index (χ3n) is 5.11. The molecule has 1 atom stereocenters. The van der Waals surface area contributed by atoms with E-state index < -0.39 is 0 Å². The molecule has 2 aromatic heterocycles. The van der Waals surface area contributed by atoms with Crippen LogP contribution < -0.4 is 5.32 Å². The first-order valence-corrected chi connectivity index (χ1v) is 10.2. The first-order chi connectivity index (χ1) is 13.2. The SMILES string of the molecule is Cl.Cl.O=C(Cc1csc(-c2cccnc2)n1)N1CCCC(N2CCNCC2=O)C1. The van der Waals surface area contributed by atoms with Crippen LogP contribution in [-0.2, 0) is 16.0 Å². The van der Waals surface area contributed by atoms with Crippen LogP contribution in [0.2, 0.25) is 0 Å². The minimum Gasteiger partial charge on any atom is -0.340 e.